The van der Waals surface area contributed by atoms with Crippen LogP contribution in [0.2, 0.25) is 0 Å². The van der Waals surface area contributed by atoms with Crippen molar-refractivity contribution in [3.8, 4) is 0 Å². The monoisotopic (exact) mass is 261 g/mol. The molecule has 0 aliphatic carbocycles. The summed E-state index contributed by atoms with van der Waals surface area (Å²) < 4.78 is 0. The molecular formula is C14H23N5. The quantitative estimate of drug-likeness (QED) is 0.888. The Morgan fingerprint density at radius 2 is 1.95 bits per heavy atom. The van der Waals surface area contributed by atoms with Gasteiger partial charge in [0.2, 0.25) is 5.95 Å². The molecule has 1 aromatic heterocycles. The molecule has 2 fully saturated rings. The average Bonchev–Trinajstić information content (AvgIpc) is 2.62. The van der Waals surface area contributed by atoms with Gasteiger partial charge in [-0.25, -0.2) is 4.98 Å². The van der Waals surface area contributed by atoms with Crippen molar-refractivity contribution >= 4 is 11.8 Å². The Balaban J connectivity index is 1.82. The number of nitrogens with two attached hydrogens (primary N) is 1. The van der Waals surface area contributed by atoms with Gasteiger partial charge in [-0.05, 0) is 26.3 Å². The van der Waals surface area contributed by atoms with Gasteiger partial charge < -0.3 is 10.6 Å². The second-order valence-corrected chi connectivity index (χ2v) is 5.78. The van der Waals surface area contributed by atoms with Crippen molar-refractivity contribution in [3.63, 3.8) is 0 Å². The van der Waals surface area contributed by atoms with Crippen LogP contribution in [0.5, 0.6) is 0 Å². The standard InChI is InChI=1S/C14H23N5/c1-3-4-10-7-13(17-14(15)16-10)19-8-11-5-6-12(9-19)18(11)2/h7,11-12H,3-6,8-9H2,1-2H3,(H2,15,16,17). The molecule has 0 radical (unpaired) electrons. The highest BCUT2D eigenvalue weighted by Crippen LogP contribution is 2.30. The van der Waals surface area contributed by atoms with Crippen LogP contribution in [0.3, 0.4) is 0 Å². The zero-order valence-electron chi connectivity index (χ0n) is 11.8. The minimum Gasteiger partial charge on any atom is -0.368 e. The zero-order chi connectivity index (χ0) is 13.4. The third-order valence-electron chi connectivity index (χ3n) is 4.46. The van der Waals surface area contributed by atoms with Crippen LogP contribution in [-0.2, 0) is 6.42 Å². The van der Waals surface area contributed by atoms with E-state index in [1.165, 1.54) is 12.8 Å². The van der Waals surface area contributed by atoms with E-state index in [2.05, 4.69) is 39.8 Å². The molecule has 5 nitrogen and oxygen atoms in total. The predicted octanol–water partition coefficient (Wildman–Crippen LogP) is 1.29. The van der Waals surface area contributed by atoms with Crippen LogP contribution in [0.15, 0.2) is 6.07 Å². The second kappa shape index (κ2) is 4.96. The summed E-state index contributed by atoms with van der Waals surface area (Å²) in [6, 6.07) is 3.46. The van der Waals surface area contributed by atoms with Gasteiger partial charge in [-0.2, -0.15) is 4.98 Å². The number of aromatic nitrogens is 2. The molecule has 2 bridgehead atoms. The Labute approximate surface area is 114 Å². The highest BCUT2D eigenvalue weighted by Gasteiger charge is 2.37. The lowest BCUT2D eigenvalue weighted by molar-refractivity contribution is 0.212. The Morgan fingerprint density at radius 1 is 1.26 bits per heavy atom. The first-order valence-electron chi connectivity index (χ1n) is 7.27. The summed E-state index contributed by atoms with van der Waals surface area (Å²) in [4.78, 5) is 13.7. The lowest BCUT2D eigenvalue weighted by Gasteiger charge is -2.39. The van der Waals surface area contributed by atoms with Crippen LogP contribution in [0.1, 0.15) is 31.9 Å². The Hall–Kier alpha value is -1.36. The van der Waals surface area contributed by atoms with Gasteiger partial charge in [0.25, 0.3) is 0 Å². The number of nitrogen functional groups attached to an aromatic ring is 1. The molecule has 19 heavy (non-hydrogen) atoms. The number of hydrogen-bond donors (Lipinski definition) is 1. The summed E-state index contributed by atoms with van der Waals surface area (Å²) in [7, 11) is 2.25. The maximum Gasteiger partial charge on any atom is 0.222 e. The van der Waals surface area contributed by atoms with Crippen LogP contribution in [0.25, 0.3) is 0 Å². The molecule has 1 aromatic rings. The average molecular weight is 261 g/mol. The van der Waals surface area contributed by atoms with E-state index in [9.17, 15) is 0 Å². The van der Waals surface area contributed by atoms with Gasteiger partial charge in [-0.1, -0.05) is 13.3 Å². The van der Waals surface area contributed by atoms with Gasteiger partial charge in [0.15, 0.2) is 0 Å². The van der Waals surface area contributed by atoms with Crippen molar-refractivity contribution in [2.24, 2.45) is 0 Å². The van der Waals surface area contributed by atoms with E-state index in [0.717, 1.165) is 37.4 Å². The number of rotatable bonds is 3. The minimum atomic E-state index is 0.409. The molecule has 2 saturated heterocycles. The molecule has 2 atom stereocenters. The molecule has 2 N–H and O–H groups in total. The van der Waals surface area contributed by atoms with Gasteiger partial charge in [0.05, 0.1) is 0 Å². The second-order valence-electron chi connectivity index (χ2n) is 5.78. The Morgan fingerprint density at radius 3 is 2.58 bits per heavy atom. The van der Waals surface area contributed by atoms with Gasteiger partial charge in [0.1, 0.15) is 5.82 Å². The molecule has 5 heteroatoms. The Kier molecular flexibility index (Phi) is 3.31. The number of aryl methyl sites for hydroxylation is 1. The van der Waals surface area contributed by atoms with Crippen molar-refractivity contribution in [3.05, 3.63) is 11.8 Å². The van der Waals surface area contributed by atoms with Crippen molar-refractivity contribution in [1.82, 2.24) is 14.9 Å². The minimum absolute atomic E-state index is 0.409. The summed E-state index contributed by atoms with van der Waals surface area (Å²) in [5, 5.41) is 0. The van der Waals surface area contributed by atoms with E-state index in [-0.39, 0.29) is 0 Å². The van der Waals surface area contributed by atoms with E-state index in [1.54, 1.807) is 0 Å². The summed E-state index contributed by atoms with van der Waals surface area (Å²) in [6.07, 6.45) is 4.67. The van der Waals surface area contributed by atoms with Crippen LogP contribution < -0.4 is 10.6 Å². The van der Waals surface area contributed by atoms with Gasteiger partial charge in [0, 0.05) is 36.9 Å². The number of hydrogen-bond acceptors (Lipinski definition) is 5. The number of nitrogens with zero attached hydrogens (tertiary/aromatic N) is 4. The molecular weight excluding hydrogens is 238 g/mol. The maximum atomic E-state index is 5.85. The largest absolute Gasteiger partial charge is 0.368 e. The number of piperazine rings is 1. The molecule has 0 amide bonds. The first-order chi connectivity index (χ1) is 9.17. The normalized spacial score (nSPS) is 26.9. The summed E-state index contributed by atoms with van der Waals surface area (Å²) in [5.41, 5.74) is 6.92. The third-order valence-corrected chi connectivity index (χ3v) is 4.46. The fourth-order valence-corrected chi connectivity index (χ4v) is 3.35. The maximum absolute atomic E-state index is 5.85. The van der Waals surface area contributed by atoms with Crippen LogP contribution >= 0.6 is 0 Å². The van der Waals surface area contributed by atoms with E-state index in [4.69, 9.17) is 5.73 Å². The van der Waals surface area contributed by atoms with Crippen molar-refractivity contribution in [1.29, 1.82) is 0 Å². The van der Waals surface area contributed by atoms with Gasteiger partial charge >= 0.3 is 0 Å². The van der Waals surface area contributed by atoms with E-state index in [0.29, 0.717) is 18.0 Å². The third kappa shape index (κ3) is 2.39. The number of anilines is 2. The molecule has 0 saturated carbocycles. The fraction of sp³-hybridized carbons (Fsp3) is 0.714. The lowest BCUT2D eigenvalue weighted by Crippen LogP contribution is -2.52. The van der Waals surface area contributed by atoms with Gasteiger partial charge in [-0.3, -0.25) is 4.90 Å². The summed E-state index contributed by atoms with van der Waals surface area (Å²) in [5.74, 6) is 1.42. The van der Waals surface area contributed by atoms with Crippen molar-refractivity contribution in [2.45, 2.75) is 44.7 Å². The molecule has 0 spiro atoms. The van der Waals surface area contributed by atoms with Crippen LogP contribution in [-0.4, -0.2) is 47.1 Å². The zero-order valence-corrected chi connectivity index (χ0v) is 11.8. The topological polar surface area (TPSA) is 58.3 Å². The lowest BCUT2D eigenvalue weighted by atomic mass is 10.2. The van der Waals surface area contributed by atoms with Crippen molar-refractivity contribution < 1.29 is 0 Å². The van der Waals surface area contributed by atoms with E-state index < -0.39 is 0 Å². The van der Waals surface area contributed by atoms with Crippen molar-refractivity contribution in [2.75, 3.05) is 30.8 Å². The van der Waals surface area contributed by atoms with Crippen LogP contribution in [0.4, 0.5) is 11.8 Å². The van der Waals surface area contributed by atoms with Gasteiger partial charge in [-0.15, -0.1) is 0 Å². The highest BCUT2D eigenvalue weighted by molar-refractivity contribution is 5.45. The van der Waals surface area contributed by atoms with Crippen LogP contribution in [0, 0.1) is 0 Å². The summed E-state index contributed by atoms with van der Waals surface area (Å²) >= 11 is 0. The summed E-state index contributed by atoms with van der Waals surface area (Å²) in [6.45, 7) is 4.29. The first kappa shape index (κ1) is 12.7. The number of likely N-dealkylation sites (N-methyl/N-ethyl adjacent to an activating group) is 1. The first-order valence-corrected chi connectivity index (χ1v) is 7.27. The molecule has 3 heterocycles. The number of fused-ring (bicyclic) bond motifs is 2. The predicted molar refractivity (Wildman–Crippen MR) is 77.2 cm³/mol. The Bertz CT molecular complexity index is 447. The highest BCUT2D eigenvalue weighted by atomic mass is 15.3. The molecule has 2 unspecified atom stereocenters. The SMILES string of the molecule is CCCc1cc(N2CC3CCC(C2)N3C)nc(N)n1. The molecule has 0 aromatic carbocycles. The fourth-order valence-electron chi connectivity index (χ4n) is 3.35. The molecule has 104 valence electrons. The molecule has 3 rings (SSSR count). The molecule has 2 aliphatic heterocycles. The smallest absolute Gasteiger partial charge is 0.222 e. The van der Waals surface area contributed by atoms with E-state index in [1.807, 2.05) is 0 Å². The van der Waals surface area contributed by atoms with E-state index >= 15 is 0 Å². The molecule has 2 aliphatic rings.